The molecule has 0 aliphatic rings. The molecule has 1 nitrogen and oxygen atoms in total. The maximum Gasteiger partial charge on any atom is 0.136 e. The van der Waals surface area contributed by atoms with Crippen LogP contribution in [0.15, 0.2) is 174 Å². The number of rotatable bonds is 3. The van der Waals surface area contributed by atoms with Crippen LogP contribution in [0.5, 0.6) is 0 Å². The molecule has 0 amide bonds. The lowest BCUT2D eigenvalue weighted by Gasteiger charge is -2.18. The van der Waals surface area contributed by atoms with Crippen LogP contribution >= 0.6 is 0 Å². The van der Waals surface area contributed by atoms with Gasteiger partial charge in [-0.15, -0.1) is 0 Å². The Morgan fingerprint density at radius 1 is 0.404 bits per heavy atom. The van der Waals surface area contributed by atoms with Crippen LogP contribution in [0.4, 0.5) is 0 Å². The van der Waals surface area contributed by atoms with Gasteiger partial charge < -0.3 is 4.42 Å². The van der Waals surface area contributed by atoms with Crippen LogP contribution in [0.25, 0.3) is 98.4 Å². The molecule has 0 unspecified atom stereocenters. The highest BCUT2D eigenvalue weighted by atomic mass is 16.3. The minimum Gasteiger partial charge on any atom is -0.456 e. The normalized spacial score (nSPS) is 13.6. The Morgan fingerprint density at radius 2 is 0.936 bits per heavy atom. The zero-order valence-electron chi connectivity index (χ0n) is 31.1. The van der Waals surface area contributed by atoms with Crippen LogP contribution in [0.1, 0.15) is 8.22 Å². The Hall–Kier alpha value is -6.18. The van der Waals surface area contributed by atoms with E-state index in [9.17, 15) is 4.11 Å². The largest absolute Gasteiger partial charge is 0.456 e. The highest BCUT2D eigenvalue weighted by Crippen LogP contribution is 2.46. The predicted octanol–water partition coefficient (Wildman–Crippen LogP) is 13.2. The molecule has 0 fully saturated rings. The monoisotopic (exact) mass is 602 g/mol. The van der Waals surface area contributed by atoms with Crippen LogP contribution < -0.4 is 0 Å². The molecule has 47 heavy (non-hydrogen) atoms. The second-order valence-electron chi connectivity index (χ2n) is 12.0. The lowest BCUT2D eigenvalue weighted by Crippen LogP contribution is -1.91. The van der Waals surface area contributed by atoms with Crippen LogP contribution in [0.2, 0.25) is 0 Å². The fourth-order valence-corrected chi connectivity index (χ4v) is 7.19. The van der Waals surface area contributed by atoms with Gasteiger partial charge in [-0.2, -0.15) is 0 Å². The van der Waals surface area contributed by atoms with Crippen LogP contribution in [0, 0.1) is 0 Å². The summed E-state index contributed by atoms with van der Waals surface area (Å²) in [6.45, 7) is 0. The summed E-state index contributed by atoms with van der Waals surface area (Å²) in [6.07, 6.45) is 0. The van der Waals surface area contributed by atoms with Gasteiger partial charge in [-0.3, -0.25) is 0 Å². The number of hydrogen-bond donors (Lipinski definition) is 0. The molecular weight excluding hydrogens is 569 g/mol. The van der Waals surface area contributed by atoms with Crippen LogP contribution in [-0.2, 0) is 0 Å². The van der Waals surface area contributed by atoms with Crippen molar-refractivity contribution in [2.75, 3.05) is 0 Å². The number of fused-ring (bicyclic) bond motifs is 7. The van der Waals surface area contributed by atoms with Gasteiger partial charge in [0.1, 0.15) is 11.2 Å². The quantitative estimate of drug-likeness (QED) is 0.183. The summed E-state index contributed by atoms with van der Waals surface area (Å²) in [5, 5.41) is 8.42. The van der Waals surface area contributed by atoms with E-state index in [0.717, 1.165) is 54.2 Å². The summed E-state index contributed by atoms with van der Waals surface area (Å²) in [5.41, 5.74) is 4.09. The average Bonchev–Trinajstić information content (AvgIpc) is 3.59. The molecule has 0 bridgehead atoms. The molecule has 0 aliphatic heterocycles. The first-order valence-electron chi connectivity index (χ1n) is 18.7. The van der Waals surface area contributed by atoms with Crippen molar-refractivity contribution in [1.29, 1.82) is 0 Å². The van der Waals surface area contributed by atoms with Gasteiger partial charge in [-0.1, -0.05) is 139 Å². The topological polar surface area (TPSA) is 13.1 Å². The number of hydrogen-bond acceptors (Lipinski definition) is 1. The highest BCUT2D eigenvalue weighted by molar-refractivity contribution is 6.23. The van der Waals surface area contributed by atoms with Gasteiger partial charge in [-0.05, 0) is 107 Å². The van der Waals surface area contributed by atoms with Crippen molar-refractivity contribution in [2.24, 2.45) is 0 Å². The molecule has 10 rings (SSSR count). The molecule has 0 atom stereocenters. The minimum atomic E-state index is -0.301. The SMILES string of the molecule is [2H]c1c(-c2c3ccccc3c(-c3ccc4ccccc4c3)c3ccccc23)c([2H])c2c(oc3c([2H])c([2H])c([2H])c(-c4ccc5ccccc5c4)c32)c1[2H]. The molecular formula is C46H28O. The third-order valence-electron chi connectivity index (χ3n) is 9.33. The molecule has 0 spiro atoms. The fraction of sp³-hybridized carbons (Fsp3) is 0. The molecule has 10 aromatic rings. The van der Waals surface area contributed by atoms with Gasteiger partial charge in [0.15, 0.2) is 0 Å². The Labute approximate surface area is 280 Å². The van der Waals surface area contributed by atoms with Gasteiger partial charge >= 0.3 is 0 Å². The molecule has 0 aliphatic carbocycles. The maximum absolute atomic E-state index is 9.92. The summed E-state index contributed by atoms with van der Waals surface area (Å²) in [7, 11) is 0. The van der Waals surface area contributed by atoms with Crippen LogP contribution in [0.3, 0.4) is 0 Å². The molecule has 0 radical (unpaired) electrons. The van der Waals surface area contributed by atoms with Crippen molar-refractivity contribution in [3.63, 3.8) is 0 Å². The number of benzene rings is 9. The van der Waals surface area contributed by atoms with E-state index in [1.165, 1.54) is 0 Å². The Bertz CT molecular complexity index is 3140. The summed E-state index contributed by atoms with van der Waals surface area (Å²) in [6, 6.07) is 43.4. The van der Waals surface area contributed by atoms with E-state index in [-0.39, 0.29) is 58.4 Å². The Balaban J connectivity index is 1.35. The Morgan fingerprint density at radius 3 is 1.57 bits per heavy atom. The molecule has 0 saturated heterocycles. The van der Waals surface area contributed by atoms with E-state index in [4.69, 9.17) is 8.53 Å². The smallest absolute Gasteiger partial charge is 0.136 e. The zero-order valence-corrected chi connectivity index (χ0v) is 25.1. The van der Waals surface area contributed by atoms with Gasteiger partial charge in [-0.25, -0.2) is 0 Å². The second kappa shape index (κ2) is 10.2. The van der Waals surface area contributed by atoms with Gasteiger partial charge in [0.05, 0.1) is 8.22 Å². The summed E-state index contributed by atoms with van der Waals surface area (Å²) < 4.78 is 61.6. The molecule has 0 saturated carbocycles. The predicted molar refractivity (Wildman–Crippen MR) is 200 cm³/mol. The fourth-order valence-electron chi connectivity index (χ4n) is 7.19. The van der Waals surface area contributed by atoms with Crippen molar-refractivity contribution in [3.8, 4) is 33.4 Å². The van der Waals surface area contributed by atoms with E-state index in [1.807, 2.05) is 91.0 Å². The van der Waals surface area contributed by atoms with Crippen molar-refractivity contribution < 1.29 is 12.6 Å². The highest BCUT2D eigenvalue weighted by Gasteiger charge is 2.19. The van der Waals surface area contributed by atoms with E-state index in [0.29, 0.717) is 22.1 Å². The van der Waals surface area contributed by atoms with E-state index < -0.39 is 0 Å². The first-order chi connectivity index (χ1) is 25.8. The van der Waals surface area contributed by atoms with Crippen molar-refractivity contribution in [1.82, 2.24) is 0 Å². The first kappa shape index (κ1) is 20.8. The first-order valence-corrected chi connectivity index (χ1v) is 15.7. The lowest BCUT2D eigenvalue weighted by molar-refractivity contribution is 0.669. The molecule has 1 heterocycles. The second-order valence-corrected chi connectivity index (χ2v) is 12.0. The minimum absolute atomic E-state index is 0.000633. The van der Waals surface area contributed by atoms with E-state index in [2.05, 4.69) is 42.5 Å². The van der Waals surface area contributed by atoms with E-state index >= 15 is 0 Å². The third kappa shape index (κ3) is 4.03. The van der Waals surface area contributed by atoms with Crippen molar-refractivity contribution >= 4 is 65.0 Å². The van der Waals surface area contributed by atoms with Crippen LogP contribution in [-0.4, -0.2) is 0 Å². The van der Waals surface area contributed by atoms with Gasteiger partial charge in [0.2, 0.25) is 0 Å². The molecule has 218 valence electrons. The van der Waals surface area contributed by atoms with Crippen molar-refractivity contribution in [2.45, 2.75) is 0 Å². The van der Waals surface area contributed by atoms with Gasteiger partial charge in [0, 0.05) is 10.8 Å². The maximum atomic E-state index is 9.92. The molecule has 1 heteroatoms. The molecule has 9 aromatic carbocycles. The molecule has 1 aromatic heterocycles. The Kier molecular flexibility index (Phi) is 4.49. The summed E-state index contributed by atoms with van der Waals surface area (Å²) in [5.74, 6) is 0. The standard InChI is InChI=1S/C46H28O/c1-3-12-31-26-33(22-20-29(31)10-1)36-18-9-19-43-46(36)41-28-35(24-25-42(41)47-43)45-39-16-7-5-14-37(39)44(38-15-6-8-17-40(38)45)34-23-21-30-11-2-4-13-32(30)27-34/h1-28H/i9D,18D,19D,24D,25D,28D. The van der Waals surface area contributed by atoms with Crippen molar-refractivity contribution in [3.05, 3.63) is 170 Å². The third-order valence-corrected chi connectivity index (χ3v) is 9.33. The summed E-state index contributed by atoms with van der Waals surface area (Å²) in [4.78, 5) is 0. The lowest BCUT2D eigenvalue weighted by atomic mass is 9.85. The average molecular weight is 603 g/mol. The van der Waals surface area contributed by atoms with Gasteiger partial charge in [0.25, 0.3) is 0 Å². The summed E-state index contributed by atoms with van der Waals surface area (Å²) >= 11 is 0. The number of furan rings is 1. The van der Waals surface area contributed by atoms with E-state index in [1.54, 1.807) is 0 Å². The molecule has 0 N–H and O–H groups in total. The zero-order chi connectivity index (χ0) is 36.1.